The Labute approximate surface area is 105 Å². The average molecular weight is 257 g/mol. The van der Waals surface area contributed by atoms with Gasteiger partial charge in [-0.25, -0.2) is 0 Å². The van der Waals surface area contributed by atoms with E-state index >= 15 is 0 Å². The number of nitrogens with one attached hydrogen (secondary N) is 2. The topological polar surface area (TPSA) is 122 Å². The zero-order chi connectivity index (χ0) is 13.5. The Balaban J connectivity index is 2.23. The van der Waals surface area contributed by atoms with Crippen LogP contribution in [0.1, 0.15) is 25.7 Å². The Morgan fingerprint density at radius 3 is 2.50 bits per heavy atom. The van der Waals surface area contributed by atoms with Crippen molar-refractivity contribution < 1.29 is 19.5 Å². The third kappa shape index (κ3) is 5.13. The van der Waals surface area contributed by atoms with Gasteiger partial charge in [-0.2, -0.15) is 0 Å². The number of nitrogens with two attached hydrogens (primary N) is 1. The number of rotatable bonds is 5. The van der Waals surface area contributed by atoms with E-state index < -0.39 is 18.4 Å². The van der Waals surface area contributed by atoms with Crippen molar-refractivity contribution in [3.63, 3.8) is 0 Å². The van der Waals surface area contributed by atoms with Crippen LogP contribution in [0.2, 0.25) is 0 Å². The summed E-state index contributed by atoms with van der Waals surface area (Å²) in [4.78, 5) is 33.1. The van der Waals surface area contributed by atoms with Crippen molar-refractivity contribution in [1.82, 2.24) is 10.6 Å². The van der Waals surface area contributed by atoms with Crippen LogP contribution in [0.3, 0.4) is 0 Å². The van der Waals surface area contributed by atoms with Gasteiger partial charge in [-0.1, -0.05) is 6.42 Å². The van der Waals surface area contributed by atoms with Crippen molar-refractivity contribution in [2.75, 3.05) is 13.1 Å². The number of aliphatic carboxylic acids is 1. The molecule has 0 spiro atoms. The molecule has 18 heavy (non-hydrogen) atoms. The van der Waals surface area contributed by atoms with E-state index in [1.807, 2.05) is 0 Å². The number of carbonyl (C=O) groups is 3. The summed E-state index contributed by atoms with van der Waals surface area (Å²) in [6.45, 7) is -0.638. The molecule has 0 bridgehead atoms. The Bertz CT molecular complexity index is 332. The van der Waals surface area contributed by atoms with Crippen molar-refractivity contribution in [3.05, 3.63) is 0 Å². The number of hydrogen-bond donors (Lipinski definition) is 4. The molecule has 0 aliphatic heterocycles. The summed E-state index contributed by atoms with van der Waals surface area (Å²) < 4.78 is 0. The molecule has 2 amide bonds. The number of carbonyl (C=O) groups excluding carboxylic acids is 2. The monoisotopic (exact) mass is 257 g/mol. The Morgan fingerprint density at radius 1 is 1.17 bits per heavy atom. The fourth-order valence-electron chi connectivity index (χ4n) is 2.01. The molecule has 1 fully saturated rings. The van der Waals surface area contributed by atoms with E-state index in [1.54, 1.807) is 0 Å². The lowest BCUT2D eigenvalue weighted by Gasteiger charge is -2.25. The van der Waals surface area contributed by atoms with E-state index in [9.17, 15) is 14.4 Å². The van der Waals surface area contributed by atoms with Gasteiger partial charge in [0, 0.05) is 12.0 Å². The SMILES string of the molecule is NC1CCCC(C(=O)NCC(=O)NCC(=O)O)C1. The molecule has 0 heterocycles. The largest absolute Gasteiger partial charge is 0.480 e. The van der Waals surface area contributed by atoms with Crippen LogP contribution in [0.4, 0.5) is 0 Å². The lowest BCUT2D eigenvalue weighted by Crippen LogP contribution is -2.43. The summed E-state index contributed by atoms with van der Waals surface area (Å²) >= 11 is 0. The first-order chi connectivity index (χ1) is 8.49. The van der Waals surface area contributed by atoms with Crippen LogP contribution in [-0.2, 0) is 14.4 Å². The van der Waals surface area contributed by atoms with Crippen LogP contribution in [0.15, 0.2) is 0 Å². The number of hydrogen-bond acceptors (Lipinski definition) is 4. The summed E-state index contributed by atoms with van der Waals surface area (Å²) in [5.41, 5.74) is 5.78. The van der Waals surface area contributed by atoms with Gasteiger partial charge in [0.05, 0.1) is 6.54 Å². The molecule has 1 rings (SSSR count). The maximum absolute atomic E-state index is 11.7. The molecule has 2 unspecified atom stereocenters. The number of carboxylic acid groups (broad SMARTS) is 1. The predicted molar refractivity (Wildman–Crippen MR) is 63.6 cm³/mol. The molecule has 1 aliphatic carbocycles. The van der Waals surface area contributed by atoms with E-state index in [-0.39, 0.29) is 24.4 Å². The summed E-state index contributed by atoms with van der Waals surface area (Å²) in [5.74, 6) is -1.95. The van der Waals surface area contributed by atoms with E-state index in [4.69, 9.17) is 10.8 Å². The minimum atomic E-state index is -1.12. The van der Waals surface area contributed by atoms with Crippen LogP contribution < -0.4 is 16.4 Å². The van der Waals surface area contributed by atoms with Gasteiger partial charge in [0.15, 0.2) is 0 Å². The molecule has 0 aromatic heterocycles. The minimum absolute atomic E-state index is 0.0512. The van der Waals surface area contributed by atoms with E-state index in [2.05, 4.69) is 10.6 Å². The van der Waals surface area contributed by atoms with Gasteiger partial charge in [0.1, 0.15) is 6.54 Å². The first-order valence-electron chi connectivity index (χ1n) is 6.01. The Hall–Kier alpha value is -1.63. The minimum Gasteiger partial charge on any atom is -0.480 e. The maximum Gasteiger partial charge on any atom is 0.322 e. The third-order valence-corrected chi connectivity index (χ3v) is 2.95. The molecule has 5 N–H and O–H groups in total. The number of carboxylic acids is 1. The first kappa shape index (κ1) is 14.4. The normalized spacial score (nSPS) is 23.2. The highest BCUT2D eigenvalue weighted by molar-refractivity contribution is 5.87. The van der Waals surface area contributed by atoms with Crippen LogP contribution in [-0.4, -0.2) is 42.0 Å². The summed E-state index contributed by atoms with van der Waals surface area (Å²) in [7, 11) is 0. The lowest BCUT2D eigenvalue weighted by molar-refractivity contribution is -0.137. The van der Waals surface area contributed by atoms with Gasteiger partial charge in [0.25, 0.3) is 0 Å². The first-order valence-corrected chi connectivity index (χ1v) is 6.01. The number of amides is 2. The quantitative estimate of drug-likeness (QED) is 0.494. The lowest BCUT2D eigenvalue weighted by atomic mass is 9.85. The molecule has 0 aromatic carbocycles. The van der Waals surface area contributed by atoms with Crippen molar-refractivity contribution >= 4 is 17.8 Å². The average Bonchev–Trinajstić information content (AvgIpc) is 2.33. The highest BCUT2D eigenvalue weighted by atomic mass is 16.4. The smallest absolute Gasteiger partial charge is 0.322 e. The summed E-state index contributed by atoms with van der Waals surface area (Å²) in [5, 5.41) is 13.0. The second-order valence-electron chi connectivity index (χ2n) is 4.51. The standard InChI is InChI=1S/C11H19N3O4/c12-8-3-1-2-7(4-8)11(18)14-5-9(15)13-6-10(16)17/h7-8H,1-6,12H2,(H,13,15)(H,14,18)(H,16,17). The van der Waals surface area contributed by atoms with Crippen LogP contribution >= 0.6 is 0 Å². The molecule has 1 aliphatic rings. The van der Waals surface area contributed by atoms with E-state index in [1.165, 1.54) is 0 Å². The van der Waals surface area contributed by atoms with Gasteiger partial charge in [-0.05, 0) is 19.3 Å². The Kier molecular flexibility index (Phi) is 5.57. The fraction of sp³-hybridized carbons (Fsp3) is 0.727. The van der Waals surface area contributed by atoms with Crippen molar-refractivity contribution in [3.8, 4) is 0 Å². The predicted octanol–water partition coefficient (Wildman–Crippen LogP) is -1.18. The van der Waals surface area contributed by atoms with E-state index in [0.29, 0.717) is 6.42 Å². The molecule has 102 valence electrons. The van der Waals surface area contributed by atoms with Gasteiger partial charge in [-0.3, -0.25) is 14.4 Å². The molecular weight excluding hydrogens is 238 g/mol. The summed E-state index contributed by atoms with van der Waals surface area (Å²) in [6.07, 6.45) is 3.28. The molecule has 0 saturated heterocycles. The molecule has 0 radical (unpaired) electrons. The fourth-order valence-corrected chi connectivity index (χ4v) is 2.01. The third-order valence-electron chi connectivity index (χ3n) is 2.95. The highest BCUT2D eigenvalue weighted by Gasteiger charge is 2.25. The van der Waals surface area contributed by atoms with Crippen LogP contribution in [0.5, 0.6) is 0 Å². The second-order valence-corrected chi connectivity index (χ2v) is 4.51. The maximum atomic E-state index is 11.7. The van der Waals surface area contributed by atoms with Crippen molar-refractivity contribution in [2.45, 2.75) is 31.7 Å². The molecular formula is C11H19N3O4. The van der Waals surface area contributed by atoms with Gasteiger partial charge in [0.2, 0.25) is 11.8 Å². The molecule has 7 heteroatoms. The van der Waals surface area contributed by atoms with Crippen LogP contribution in [0.25, 0.3) is 0 Å². The molecule has 2 atom stereocenters. The molecule has 1 saturated carbocycles. The van der Waals surface area contributed by atoms with Crippen molar-refractivity contribution in [1.29, 1.82) is 0 Å². The second kappa shape index (κ2) is 6.95. The van der Waals surface area contributed by atoms with Crippen LogP contribution in [0, 0.1) is 5.92 Å². The van der Waals surface area contributed by atoms with Gasteiger partial charge < -0.3 is 21.5 Å². The zero-order valence-electron chi connectivity index (χ0n) is 10.1. The Morgan fingerprint density at radius 2 is 1.89 bits per heavy atom. The molecule has 7 nitrogen and oxygen atoms in total. The highest BCUT2D eigenvalue weighted by Crippen LogP contribution is 2.22. The van der Waals surface area contributed by atoms with Crippen molar-refractivity contribution in [2.24, 2.45) is 11.7 Å². The zero-order valence-corrected chi connectivity index (χ0v) is 10.1. The summed E-state index contributed by atoms with van der Waals surface area (Å²) in [6, 6.07) is 0.0512. The van der Waals surface area contributed by atoms with Gasteiger partial charge >= 0.3 is 5.97 Å². The van der Waals surface area contributed by atoms with Gasteiger partial charge in [-0.15, -0.1) is 0 Å². The van der Waals surface area contributed by atoms with E-state index in [0.717, 1.165) is 19.3 Å². The molecule has 0 aromatic rings.